The SMILES string of the molecule is CCOC(=O)COc1c(I)cc(C=NNC(N)=O)cc1OC. The minimum absolute atomic E-state index is 0.211. The molecule has 120 valence electrons. The Morgan fingerprint density at radius 2 is 2.18 bits per heavy atom. The first-order valence-corrected chi connectivity index (χ1v) is 7.30. The van der Waals surface area contributed by atoms with E-state index in [1.807, 2.05) is 22.6 Å². The van der Waals surface area contributed by atoms with E-state index in [9.17, 15) is 9.59 Å². The molecule has 0 unspecified atom stereocenters. The van der Waals surface area contributed by atoms with Crippen molar-refractivity contribution in [2.45, 2.75) is 6.92 Å². The van der Waals surface area contributed by atoms with Crippen molar-refractivity contribution in [2.75, 3.05) is 20.3 Å². The van der Waals surface area contributed by atoms with Crippen LogP contribution >= 0.6 is 22.6 Å². The molecule has 1 rings (SSSR count). The molecule has 1 aromatic carbocycles. The lowest BCUT2D eigenvalue weighted by Crippen LogP contribution is -2.24. The van der Waals surface area contributed by atoms with Crippen LogP contribution < -0.4 is 20.6 Å². The highest BCUT2D eigenvalue weighted by molar-refractivity contribution is 14.1. The molecule has 2 amide bonds. The fraction of sp³-hybridized carbons (Fsp3) is 0.308. The highest BCUT2D eigenvalue weighted by Gasteiger charge is 2.13. The Morgan fingerprint density at radius 3 is 2.77 bits per heavy atom. The zero-order valence-electron chi connectivity index (χ0n) is 12.1. The largest absolute Gasteiger partial charge is 0.493 e. The van der Waals surface area contributed by atoms with E-state index in [2.05, 4.69) is 10.5 Å². The lowest BCUT2D eigenvalue weighted by molar-refractivity contribution is -0.145. The second-order valence-corrected chi connectivity index (χ2v) is 5.02. The van der Waals surface area contributed by atoms with Crippen LogP contribution in [0.2, 0.25) is 0 Å². The van der Waals surface area contributed by atoms with E-state index >= 15 is 0 Å². The van der Waals surface area contributed by atoms with Crippen LogP contribution in [0.1, 0.15) is 12.5 Å². The molecule has 0 bridgehead atoms. The molecule has 0 fully saturated rings. The molecule has 0 radical (unpaired) electrons. The molecule has 22 heavy (non-hydrogen) atoms. The summed E-state index contributed by atoms with van der Waals surface area (Å²) in [6, 6.07) is 2.64. The third-order valence-corrected chi connectivity index (χ3v) is 3.08. The maximum Gasteiger partial charge on any atom is 0.344 e. The van der Waals surface area contributed by atoms with Gasteiger partial charge in [0.1, 0.15) is 0 Å². The number of urea groups is 1. The molecule has 0 saturated carbocycles. The monoisotopic (exact) mass is 421 g/mol. The van der Waals surface area contributed by atoms with E-state index in [4.69, 9.17) is 19.9 Å². The van der Waals surface area contributed by atoms with Gasteiger partial charge in [-0.25, -0.2) is 15.0 Å². The number of halogens is 1. The molecule has 1 aromatic rings. The van der Waals surface area contributed by atoms with Crippen molar-refractivity contribution in [3.63, 3.8) is 0 Å². The zero-order valence-corrected chi connectivity index (χ0v) is 14.2. The number of nitrogens with zero attached hydrogens (tertiary/aromatic N) is 1. The van der Waals surface area contributed by atoms with Gasteiger partial charge in [-0.1, -0.05) is 0 Å². The van der Waals surface area contributed by atoms with Crippen molar-refractivity contribution >= 4 is 40.8 Å². The number of carbonyl (C=O) groups is 2. The van der Waals surface area contributed by atoms with Gasteiger partial charge in [-0.15, -0.1) is 0 Å². The summed E-state index contributed by atoms with van der Waals surface area (Å²) >= 11 is 2.04. The van der Waals surface area contributed by atoms with Crippen LogP contribution in [-0.4, -0.2) is 38.5 Å². The van der Waals surface area contributed by atoms with Crippen LogP contribution in [-0.2, 0) is 9.53 Å². The van der Waals surface area contributed by atoms with Crippen LogP contribution in [0.4, 0.5) is 4.79 Å². The second-order valence-electron chi connectivity index (χ2n) is 3.86. The molecule has 8 nitrogen and oxygen atoms in total. The van der Waals surface area contributed by atoms with Crippen LogP contribution in [0, 0.1) is 3.57 Å². The second kappa shape index (κ2) is 9.07. The number of rotatable bonds is 7. The quantitative estimate of drug-likeness (QED) is 0.298. The Morgan fingerprint density at radius 1 is 1.45 bits per heavy atom. The summed E-state index contributed by atoms with van der Waals surface area (Å²) < 4.78 is 16.2. The van der Waals surface area contributed by atoms with Gasteiger partial charge in [-0.05, 0) is 47.2 Å². The van der Waals surface area contributed by atoms with Crippen molar-refractivity contribution in [2.24, 2.45) is 10.8 Å². The standard InChI is InChI=1S/C13H16IN3O5/c1-3-21-11(18)7-22-12-9(14)4-8(5-10(12)20-2)6-16-17-13(15)19/h4-6H,3,7H2,1-2H3,(H3,15,17,19). The van der Waals surface area contributed by atoms with Crippen LogP contribution in [0.5, 0.6) is 11.5 Å². The molecular weight excluding hydrogens is 405 g/mol. The van der Waals surface area contributed by atoms with Crippen molar-refractivity contribution < 1.29 is 23.8 Å². The fourth-order valence-corrected chi connectivity index (χ4v) is 2.24. The van der Waals surface area contributed by atoms with Crippen molar-refractivity contribution in [3.8, 4) is 11.5 Å². The molecule has 0 heterocycles. The summed E-state index contributed by atoms with van der Waals surface area (Å²) in [6.07, 6.45) is 1.41. The first-order chi connectivity index (χ1) is 10.5. The minimum Gasteiger partial charge on any atom is -0.493 e. The summed E-state index contributed by atoms with van der Waals surface area (Å²) in [5, 5.41) is 3.66. The molecule has 0 spiro atoms. The zero-order chi connectivity index (χ0) is 16.5. The van der Waals surface area contributed by atoms with E-state index in [1.165, 1.54) is 13.3 Å². The predicted molar refractivity (Wildman–Crippen MR) is 88.2 cm³/mol. The van der Waals surface area contributed by atoms with Gasteiger partial charge >= 0.3 is 12.0 Å². The molecule has 0 saturated heterocycles. The van der Waals surface area contributed by atoms with Gasteiger partial charge in [-0.3, -0.25) is 0 Å². The fourth-order valence-electron chi connectivity index (χ4n) is 1.46. The van der Waals surface area contributed by atoms with E-state index in [-0.39, 0.29) is 6.61 Å². The molecule has 0 aliphatic rings. The van der Waals surface area contributed by atoms with Gasteiger partial charge in [-0.2, -0.15) is 5.10 Å². The number of methoxy groups -OCH3 is 1. The maximum atomic E-state index is 11.3. The third kappa shape index (κ3) is 5.76. The molecule has 0 aliphatic carbocycles. The number of nitrogens with two attached hydrogens (primary N) is 1. The Hall–Kier alpha value is -2.04. The summed E-state index contributed by atoms with van der Waals surface area (Å²) in [7, 11) is 1.48. The van der Waals surface area contributed by atoms with Gasteiger partial charge in [0.2, 0.25) is 0 Å². The number of amides is 2. The number of ether oxygens (including phenoxy) is 3. The molecule has 0 aliphatic heterocycles. The molecule has 0 atom stereocenters. The number of hydrazone groups is 1. The first-order valence-electron chi connectivity index (χ1n) is 6.22. The number of nitrogens with one attached hydrogen (secondary N) is 1. The summed E-state index contributed by atoms with van der Waals surface area (Å²) in [5.41, 5.74) is 7.66. The number of esters is 1. The minimum atomic E-state index is -0.757. The van der Waals surface area contributed by atoms with Crippen LogP contribution in [0.25, 0.3) is 0 Å². The average Bonchev–Trinajstić information content (AvgIpc) is 2.45. The van der Waals surface area contributed by atoms with Gasteiger partial charge < -0.3 is 19.9 Å². The molecule has 0 aromatic heterocycles. The summed E-state index contributed by atoms with van der Waals surface area (Å²) in [6.45, 7) is 1.80. The first kappa shape index (κ1) is 18.0. The highest BCUT2D eigenvalue weighted by Crippen LogP contribution is 2.33. The number of benzene rings is 1. The van der Waals surface area contributed by atoms with E-state index in [0.717, 1.165) is 0 Å². The van der Waals surface area contributed by atoms with Crippen molar-refractivity contribution in [3.05, 3.63) is 21.3 Å². The predicted octanol–water partition coefficient (Wildman–Crippen LogP) is 1.24. The number of hydrogen-bond acceptors (Lipinski definition) is 6. The highest BCUT2D eigenvalue weighted by atomic mass is 127. The summed E-state index contributed by atoms with van der Waals surface area (Å²) in [5.74, 6) is 0.393. The Kier molecular flexibility index (Phi) is 7.43. The van der Waals surface area contributed by atoms with Gasteiger partial charge in [0.15, 0.2) is 18.1 Å². The number of primary amides is 1. The molecule has 3 N–H and O–H groups in total. The molecule has 9 heteroatoms. The van der Waals surface area contributed by atoms with Crippen molar-refractivity contribution in [1.29, 1.82) is 0 Å². The topological polar surface area (TPSA) is 112 Å². The Balaban J connectivity index is 2.88. The smallest absolute Gasteiger partial charge is 0.344 e. The van der Waals surface area contributed by atoms with Gasteiger partial charge in [0.05, 0.1) is 23.5 Å². The van der Waals surface area contributed by atoms with E-state index in [1.54, 1.807) is 19.1 Å². The number of carbonyl (C=O) groups excluding carboxylic acids is 2. The third-order valence-electron chi connectivity index (χ3n) is 2.28. The van der Waals surface area contributed by atoms with E-state index in [0.29, 0.717) is 27.2 Å². The maximum absolute atomic E-state index is 11.3. The summed E-state index contributed by atoms with van der Waals surface area (Å²) in [4.78, 5) is 21.9. The normalized spacial score (nSPS) is 10.3. The van der Waals surface area contributed by atoms with E-state index < -0.39 is 12.0 Å². The lowest BCUT2D eigenvalue weighted by atomic mass is 10.2. The van der Waals surface area contributed by atoms with Crippen LogP contribution in [0.3, 0.4) is 0 Å². The van der Waals surface area contributed by atoms with Gasteiger partial charge in [0, 0.05) is 0 Å². The Bertz CT molecular complexity index is 577. The van der Waals surface area contributed by atoms with Gasteiger partial charge in [0.25, 0.3) is 0 Å². The molecular formula is C13H16IN3O5. The lowest BCUT2D eigenvalue weighted by Gasteiger charge is -2.13. The van der Waals surface area contributed by atoms with Crippen molar-refractivity contribution in [1.82, 2.24) is 5.43 Å². The van der Waals surface area contributed by atoms with Crippen LogP contribution in [0.15, 0.2) is 17.2 Å². The average molecular weight is 421 g/mol. The number of hydrogen-bond donors (Lipinski definition) is 2. The Labute approximate surface area is 141 Å².